The highest BCUT2D eigenvalue weighted by Crippen LogP contribution is 2.29. The molecular formula is C20H26N2O4S. The van der Waals surface area contributed by atoms with Crippen LogP contribution in [0.4, 0.5) is 5.69 Å². The minimum absolute atomic E-state index is 0.0559. The summed E-state index contributed by atoms with van der Waals surface area (Å²) < 4.78 is 33.6. The fourth-order valence-corrected chi connectivity index (χ4v) is 4.20. The molecule has 2 aromatic rings. The molecule has 0 radical (unpaired) electrons. The van der Waals surface area contributed by atoms with Crippen LogP contribution in [0.2, 0.25) is 0 Å². The van der Waals surface area contributed by atoms with Crippen molar-refractivity contribution >= 4 is 21.6 Å². The van der Waals surface area contributed by atoms with E-state index in [4.69, 9.17) is 4.74 Å². The van der Waals surface area contributed by atoms with Gasteiger partial charge in [-0.1, -0.05) is 12.1 Å². The molecule has 0 fully saturated rings. The molecule has 0 aliphatic heterocycles. The molecule has 7 heteroatoms. The van der Waals surface area contributed by atoms with Crippen LogP contribution in [-0.2, 0) is 14.8 Å². The highest BCUT2D eigenvalue weighted by atomic mass is 32.2. The molecule has 2 N–H and O–H groups in total. The number of nitrogens with one attached hydrogen (secondary N) is 2. The maximum Gasteiger partial charge on any atom is 0.241 e. The van der Waals surface area contributed by atoms with Crippen LogP contribution in [0.1, 0.15) is 42.1 Å². The molecule has 27 heavy (non-hydrogen) atoms. The average molecular weight is 391 g/mol. The van der Waals surface area contributed by atoms with E-state index in [0.29, 0.717) is 11.4 Å². The van der Waals surface area contributed by atoms with Gasteiger partial charge in [-0.3, -0.25) is 4.79 Å². The molecule has 0 heterocycles. The van der Waals surface area contributed by atoms with E-state index in [1.165, 1.54) is 37.8 Å². The Hall–Kier alpha value is -2.38. The quantitative estimate of drug-likeness (QED) is 0.789. The van der Waals surface area contributed by atoms with Crippen molar-refractivity contribution in [3.63, 3.8) is 0 Å². The topological polar surface area (TPSA) is 84.5 Å². The average Bonchev–Trinajstić information content (AvgIpc) is 2.57. The van der Waals surface area contributed by atoms with Crippen molar-refractivity contribution in [2.75, 3.05) is 12.4 Å². The van der Waals surface area contributed by atoms with Crippen molar-refractivity contribution < 1.29 is 17.9 Å². The zero-order valence-electron chi connectivity index (χ0n) is 16.5. The number of hydrogen-bond donors (Lipinski definition) is 2. The number of rotatable bonds is 6. The number of amides is 1. The minimum atomic E-state index is -3.79. The highest BCUT2D eigenvalue weighted by Gasteiger charge is 2.21. The van der Waals surface area contributed by atoms with E-state index in [0.717, 1.165) is 16.7 Å². The summed E-state index contributed by atoms with van der Waals surface area (Å²) in [6, 6.07) is 8.02. The Morgan fingerprint density at radius 1 is 1.04 bits per heavy atom. The van der Waals surface area contributed by atoms with E-state index in [-0.39, 0.29) is 10.8 Å². The molecule has 1 unspecified atom stereocenters. The van der Waals surface area contributed by atoms with Crippen molar-refractivity contribution in [1.29, 1.82) is 0 Å². The third-order valence-corrected chi connectivity index (χ3v) is 6.01. The summed E-state index contributed by atoms with van der Waals surface area (Å²) in [5, 5.41) is 2.59. The van der Waals surface area contributed by atoms with Gasteiger partial charge in [-0.25, -0.2) is 13.1 Å². The van der Waals surface area contributed by atoms with Gasteiger partial charge in [0.2, 0.25) is 15.9 Å². The smallest absolute Gasteiger partial charge is 0.241 e. The van der Waals surface area contributed by atoms with Gasteiger partial charge in [-0.15, -0.1) is 0 Å². The number of benzene rings is 2. The number of carbonyl (C=O) groups is 1. The molecule has 0 saturated carbocycles. The summed E-state index contributed by atoms with van der Waals surface area (Å²) in [5.41, 5.74) is 4.54. The van der Waals surface area contributed by atoms with Crippen molar-refractivity contribution in [1.82, 2.24) is 4.72 Å². The van der Waals surface area contributed by atoms with Crippen molar-refractivity contribution in [2.24, 2.45) is 0 Å². The van der Waals surface area contributed by atoms with Crippen molar-refractivity contribution in [3.8, 4) is 5.75 Å². The molecule has 146 valence electrons. The van der Waals surface area contributed by atoms with Crippen LogP contribution >= 0.6 is 0 Å². The third-order valence-electron chi connectivity index (χ3n) is 4.47. The van der Waals surface area contributed by atoms with Crippen LogP contribution in [0.15, 0.2) is 35.2 Å². The van der Waals surface area contributed by atoms with Crippen molar-refractivity contribution in [3.05, 3.63) is 52.6 Å². The first kappa shape index (κ1) is 20.9. The maximum atomic E-state index is 12.9. The lowest BCUT2D eigenvalue weighted by Crippen LogP contribution is -2.27. The van der Waals surface area contributed by atoms with Gasteiger partial charge in [-0.05, 0) is 68.1 Å². The summed E-state index contributed by atoms with van der Waals surface area (Å²) in [7, 11) is -2.33. The van der Waals surface area contributed by atoms with Gasteiger partial charge >= 0.3 is 0 Å². The lowest BCUT2D eigenvalue weighted by molar-refractivity contribution is -0.114. The first-order valence-electron chi connectivity index (χ1n) is 8.61. The Morgan fingerprint density at radius 2 is 1.67 bits per heavy atom. The van der Waals surface area contributed by atoms with Crippen LogP contribution in [0.3, 0.4) is 0 Å². The summed E-state index contributed by atoms with van der Waals surface area (Å²) in [6.45, 7) is 9.16. The van der Waals surface area contributed by atoms with Crippen LogP contribution in [0.5, 0.6) is 5.75 Å². The fraction of sp³-hybridized carbons (Fsp3) is 0.350. The van der Waals surface area contributed by atoms with Crippen LogP contribution in [0.25, 0.3) is 0 Å². The SMILES string of the molecule is COc1ccc(S(=O)(=O)NC(C)c2cc(C)c(C)cc2C)cc1NC(C)=O. The Labute approximate surface area is 161 Å². The molecule has 0 saturated heterocycles. The molecule has 6 nitrogen and oxygen atoms in total. The minimum Gasteiger partial charge on any atom is -0.495 e. The molecule has 0 spiro atoms. The van der Waals surface area contributed by atoms with Gasteiger partial charge in [0.05, 0.1) is 17.7 Å². The molecule has 2 rings (SSSR count). The Balaban J connectivity index is 2.36. The summed E-state index contributed by atoms with van der Waals surface area (Å²) in [5.74, 6) is 0.0807. The number of ether oxygens (including phenoxy) is 1. The van der Waals surface area contributed by atoms with Crippen molar-refractivity contribution in [2.45, 2.75) is 45.6 Å². The fourth-order valence-electron chi connectivity index (χ4n) is 2.96. The molecule has 0 bridgehead atoms. The molecule has 2 aromatic carbocycles. The van der Waals surface area contributed by atoms with E-state index < -0.39 is 16.1 Å². The zero-order valence-corrected chi connectivity index (χ0v) is 17.3. The Kier molecular flexibility index (Phi) is 6.28. The first-order chi connectivity index (χ1) is 12.5. The zero-order chi connectivity index (χ0) is 20.4. The lowest BCUT2D eigenvalue weighted by Gasteiger charge is -2.19. The van der Waals surface area contributed by atoms with Gasteiger partial charge in [-0.2, -0.15) is 0 Å². The third kappa shape index (κ3) is 4.87. The Bertz CT molecular complexity index is 968. The standard InChI is InChI=1S/C20H26N2O4S/c1-12-9-14(3)18(10-13(12)2)15(4)22-27(24,25)17-7-8-20(26-6)19(11-17)21-16(5)23/h7-11,15,22H,1-6H3,(H,21,23). The second-order valence-electron chi connectivity index (χ2n) is 6.68. The molecule has 0 aliphatic carbocycles. The number of methoxy groups -OCH3 is 1. The summed E-state index contributed by atoms with van der Waals surface area (Å²) >= 11 is 0. The number of hydrogen-bond acceptors (Lipinski definition) is 4. The lowest BCUT2D eigenvalue weighted by atomic mass is 9.97. The monoisotopic (exact) mass is 390 g/mol. The molecule has 1 amide bonds. The molecule has 0 aromatic heterocycles. The van der Waals surface area contributed by atoms with E-state index in [2.05, 4.69) is 16.1 Å². The van der Waals surface area contributed by atoms with Gasteiger partial charge in [0.15, 0.2) is 0 Å². The van der Waals surface area contributed by atoms with Gasteiger partial charge < -0.3 is 10.1 Å². The normalized spacial score (nSPS) is 12.5. The van der Waals surface area contributed by atoms with Crippen LogP contribution < -0.4 is 14.8 Å². The van der Waals surface area contributed by atoms with Crippen LogP contribution in [-0.4, -0.2) is 21.4 Å². The largest absolute Gasteiger partial charge is 0.495 e. The first-order valence-corrected chi connectivity index (χ1v) is 10.1. The van der Waals surface area contributed by atoms with E-state index >= 15 is 0 Å². The number of aryl methyl sites for hydroxylation is 3. The predicted molar refractivity (Wildman–Crippen MR) is 107 cm³/mol. The van der Waals surface area contributed by atoms with Gasteiger partial charge in [0.25, 0.3) is 0 Å². The summed E-state index contributed by atoms with van der Waals surface area (Å²) in [6.07, 6.45) is 0. The molecule has 1 atom stereocenters. The van der Waals surface area contributed by atoms with Crippen LogP contribution in [0, 0.1) is 20.8 Å². The summed E-state index contributed by atoms with van der Waals surface area (Å²) in [4.78, 5) is 11.4. The second kappa shape index (κ2) is 8.10. The second-order valence-corrected chi connectivity index (χ2v) is 8.39. The molecular weight excluding hydrogens is 364 g/mol. The predicted octanol–water partition coefficient (Wildman–Crippen LogP) is 3.62. The van der Waals surface area contributed by atoms with E-state index in [9.17, 15) is 13.2 Å². The van der Waals surface area contributed by atoms with Gasteiger partial charge in [0, 0.05) is 13.0 Å². The number of sulfonamides is 1. The maximum absolute atomic E-state index is 12.9. The number of anilines is 1. The van der Waals surface area contributed by atoms with E-state index in [1.807, 2.05) is 33.8 Å². The van der Waals surface area contributed by atoms with E-state index in [1.54, 1.807) is 0 Å². The number of carbonyl (C=O) groups excluding carboxylic acids is 1. The Morgan fingerprint density at radius 3 is 2.26 bits per heavy atom. The molecule has 0 aliphatic rings. The van der Waals surface area contributed by atoms with Gasteiger partial charge in [0.1, 0.15) is 5.75 Å². The highest BCUT2D eigenvalue weighted by molar-refractivity contribution is 7.89.